The zero-order chi connectivity index (χ0) is 19.1. The maximum Gasteiger partial charge on any atom is 0.269 e. The molecule has 0 aromatic rings. The summed E-state index contributed by atoms with van der Waals surface area (Å²) >= 11 is 0. The number of carbonyl (C=O) groups excluding carboxylic acids is 2. The van der Waals surface area contributed by atoms with Crippen molar-refractivity contribution in [3.8, 4) is 0 Å². The van der Waals surface area contributed by atoms with Crippen LogP contribution in [-0.2, 0) is 9.59 Å². The number of unbranched alkanes of at least 4 members (excludes halogenated alkanes) is 5. The Balaban J connectivity index is 4.67. The van der Waals surface area contributed by atoms with Crippen LogP contribution in [0.5, 0.6) is 0 Å². The topological polar surface area (TPSA) is 109 Å². The molecule has 0 aliphatic rings. The second kappa shape index (κ2) is 14.8. The van der Waals surface area contributed by atoms with Crippen LogP contribution in [0.3, 0.4) is 0 Å². The predicted octanol–water partition coefficient (Wildman–Crippen LogP) is 0.399. The van der Waals surface area contributed by atoms with E-state index in [0.29, 0.717) is 6.54 Å². The number of carbonyl (C=O) groups is 2. The van der Waals surface area contributed by atoms with E-state index < -0.39 is 24.5 Å². The van der Waals surface area contributed by atoms with Crippen molar-refractivity contribution in [1.29, 1.82) is 0 Å². The number of hydrazine groups is 1. The van der Waals surface area contributed by atoms with Crippen molar-refractivity contribution in [1.82, 2.24) is 15.9 Å². The van der Waals surface area contributed by atoms with Crippen molar-refractivity contribution in [2.45, 2.75) is 71.8 Å². The molecule has 25 heavy (non-hydrogen) atoms. The van der Waals surface area contributed by atoms with Crippen LogP contribution >= 0.6 is 0 Å². The number of nitrogens with zero attached hydrogens (tertiary/aromatic N) is 1. The standard InChI is InChI=1S/C17H34N4O4/c1-4-6-8-10-12-20(18-15(3)23)17(24)16(14-22)19-21(25)13-11-9-7-5-2/h10,12,16,19,21-22H,4-9,11,13-14H2,1-3H3,(H,18,23). The molecule has 0 aliphatic carbocycles. The number of hydroxylamine groups is 1. The van der Waals surface area contributed by atoms with E-state index in [4.69, 9.17) is 0 Å². The van der Waals surface area contributed by atoms with Gasteiger partial charge in [-0.15, -0.1) is 0 Å². The molecule has 0 rings (SSSR count). The molecule has 8 heteroatoms. The van der Waals surface area contributed by atoms with Crippen LogP contribution in [0.15, 0.2) is 12.3 Å². The Bertz CT molecular complexity index is 404. The van der Waals surface area contributed by atoms with Crippen LogP contribution in [0.25, 0.3) is 0 Å². The largest absolute Gasteiger partial charge is 0.613 e. The lowest BCUT2D eigenvalue weighted by Gasteiger charge is -2.29. The highest BCUT2D eigenvalue weighted by atomic mass is 16.5. The van der Waals surface area contributed by atoms with Gasteiger partial charge < -0.3 is 10.3 Å². The van der Waals surface area contributed by atoms with Gasteiger partial charge in [0, 0.05) is 13.1 Å². The Hall–Kier alpha value is -1.48. The molecule has 2 unspecified atom stereocenters. The van der Waals surface area contributed by atoms with Crippen molar-refractivity contribution in [2.75, 3.05) is 13.2 Å². The molecule has 0 radical (unpaired) electrons. The Morgan fingerprint density at radius 1 is 1.20 bits per heavy atom. The molecule has 4 N–H and O–H groups in total. The SMILES string of the molecule is CCCCC=CN(NC(C)=O)C(=O)C(CO)N[NH+]([O-])CCCCCC. The summed E-state index contributed by atoms with van der Waals surface area (Å²) in [5, 5.41) is 22.1. The monoisotopic (exact) mass is 358 g/mol. The quantitative estimate of drug-likeness (QED) is 0.281. The predicted molar refractivity (Wildman–Crippen MR) is 96.7 cm³/mol. The molecule has 0 aromatic carbocycles. The van der Waals surface area contributed by atoms with E-state index in [9.17, 15) is 19.9 Å². The Morgan fingerprint density at radius 2 is 1.88 bits per heavy atom. The minimum atomic E-state index is -1.08. The number of allylic oxidation sites excluding steroid dienone is 1. The van der Waals surface area contributed by atoms with Crippen molar-refractivity contribution in [2.24, 2.45) is 0 Å². The van der Waals surface area contributed by atoms with Crippen LogP contribution in [0.1, 0.15) is 65.7 Å². The molecule has 2 atom stereocenters. The third kappa shape index (κ3) is 11.7. The lowest BCUT2D eigenvalue weighted by atomic mass is 10.2. The summed E-state index contributed by atoms with van der Waals surface area (Å²) in [4.78, 5) is 23.8. The molecule has 146 valence electrons. The van der Waals surface area contributed by atoms with Crippen molar-refractivity contribution in [3.05, 3.63) is 17.5 Å². The first kappa shape index (κ1) is 23.5. The number of hydrogen-bond donors (Lipinski definition) is 4. The zero-order valence-electron chi connectivity index (χ0n) is 15.7. The molecule has 0 aliphatic heterocycles. The third-order valence-corrected chi connectivity index (χ3v) is 3.57. The van der Waals surface area contributed by atoms with Crippen LogP contribution in [0, 0.1) is 5.21 Å². The highest BCUT2D eigenvalue weighted by Gasteiger charge is 2.25. The summed E-state index contributed by atoms with van der Waals surface area (Å²) in [6, 6.07) is -1.08. The first-order valence-electron chi connectivity index (χ1n) is 9.13. The Labute approximate surface area is 150 Å². The number of aliphatic hydroxyl groups is 1. The zero-order valence-corrected chi connectivity index (χ0v) is 15.7. The summed E-state index contributed by atoms with van der Waals surface area (Å²) in [7, 11) is 0. The Morgan fingerprint density at radius 3 is 2.44 bits per heavy atom. The summed E-state index contributed by atoms with van der Waals surface area (Å²) in [5.74, 6) is -0.983. The average Bonchev–Trinajstić information content (AvgIpc) is 2.58. The number of rotatable bonds is 13. The second-order valence-corrected chi connectivity index (χ2v) is 6.02. The minimum Gasteiger partial charge on any atom is -0.613 e. The number of quaternary nitrogens is 1. The molecule has 0 heterocycles. The van der Waals surface area contributed by atoms with Gasteiger partial charge in [-0.1, -0.05) is 45.6 Å². The maximum atomic E-state index is 12.5. The molecule has 8 nitrogen and oxygen atoms in total. The molecule has 0 aromatic heterocycles. The molecule has 0 bridgehead atoms. The van der Waals surface area contributed by atoms with Crippen LogP contribution < -0.4 is 16.0 Å². The summed E-state index contributed by atoms with van der Waals surface area (Å²) < 4.78 is 0. The molecule has 0 saturated carbocycles. The van der Waals surface area contributed by atoms with Gasteiger partial charge in [0.25, 0.3) is 5.91 Å². The molecule has 2 amide bonds. The van der Waals surface area contributed by atoms with Crippen LogP contribution in [-0.4, -0.2) is 41.1 Å². The first-order chi connectivity index (χ1) is 12.0. The van der Waals surface area contributed by atoms with Gasteiger partial charge >= 0.3 is 0 Å². The highest BCUT2D eigenvalue weighted by Crippen LogP contribution is 1.99. The fourth-order valence-electron chi connectivity index (χ4n) is 2.17. The van der Waals surface area contributed by atoms with Crippen molar-refractivity contribution >= 4 is 11.8 Å². The number of hydrogen-bond acceptors (Lipinski definition) is 5. The van der Waals surface area contributed by atoms with Gasteiger partial charge in [-0.2, -0.15) is 5.43 Å². The number of aliphatic hydroxyl groups excluding tert-OH is 1. The van der Waals surface area contributed by atoms with Gasteiger partial charge in [0.2, 0.25) is 5.91 Å². The molecular weight excluding hydrogens is 324 g/mol. The van der Waals surface area contributed by atoms with E-state index in [2.05, 4.69) is 24.7 Å². The maximum absolute atomic E-state index is 12.5. The molecular formula is C17H34N4O4. The van der Waals surface area contributed by atoms with Crippen LogP contribution in [0.4, 0.5) is 0 Å². The Kier molecular flexibility index (Phi) is 14.0. The van der Waals surface area contributed by atoms with Gasteiger partial charge in [-0.3, -0.25) is 20.2 Å². The van der Waals surface area contributed by atoms with Crippen molar-refractivity contribution in [3.63, 3.8) is 0 Å². The highest BCUT2D eigenvalue weighted by molar-refractivity contribution is 5.85. The summed E-state index contributed by atoms with van der Waals surface area (Å²) in [6.45, 7) is 5.22. The van der Waals surface area contributed by atoms with E-state index in [1.165, 1.54) is 13.1 Å². The van der Waals surface area contributed by atoms with Crippen molar-refractivity contribution < 1.29 is 19.9 Å². The van der Waals surface area contributed by atoms with Gasteiger partial charge in [-0.05, 0) is 19.3 Å². The van der Waals surface area contributed by atoms with Gasteiger partial charge in [0.1, 0.15) is 0 Å². The third-order valence-electron chi connectivity index (χ3n) is 3.57. The lowest BCUT2D eigenvalue weighted by molar-refractivity contribution is -0.898. The van der Waals surface area contributed by atoms with E-state index in [1.807, 2.05) is 0 Å². The van der Waals surface area contributed by atoms with E-state index in [1.54, 1.807) is 6.08 Å². The molecule has 0 fully saturated rings. The normalized spacial score (nSPS) is 13.6. The average molecular weight is 358 g/mol. The lowest BCUT2D eigenvalue weighted by Crippen LogP contribution is -3.15. The minimum absolute atomic E-state index is 0.277. The van der Waals surface area contributed by atoms with Crippen LogP contribution in [0.2, 0.25) is 0 Å². The fourth-order valence-corrected chi connectivity index (χ4v) is 2.17. The van der Waals surface area contributed by atoms with E-state index in [0.717, 1.165) is 50.0 Å². The van der Waals surface area contributed by atoms with Gasteiger partial charge in [-0.25, -0.2) is 5.01 Å². The first-order valence-corrected chi connectivity index (χ1v) is 9.13. The second-order valence-electron chi connectivity index (χ2n) is 6.02. The van der Waals surface area contributed by atoms with Gasteiger partial charge in [0.05, 0.1) is 13.2 Å². The fraction of sp³-hybridized carbons (Fsp3) is 0.765. The summed E-state index contributed by atoms with van der Waals surface area (Å²) in [5.41, 5.74) is 4.93. The van der Waals surface area contributed by atoms with E-state index >= 15 is 0 Å². The summed E-state index contributed by atoms with van der Waals surface area (Å²) in [6.07, 6.45) is 9.85. The smallest absolute Gasteiger partial charge is 0.269 e. The number of nitrogens with one attached hydrogen (secondary N) is 3. The van der Waals surface area contributed by atoms with E-state index in [-0.39, 0.29) is 5.17 Å². The molecule has 0 spiro atoms. The number of amides is 2. The molecule has 0 saturated heterocycles. The van der Waals surface area contributed by atoms with Gasteiger partial charge in [0.15, 0.2) is 6.04 Å².